The quantitative estimate of drug-likeness (QED) is 0.785. The van der Waals surface area contributed by atoms with Gasteiger partial charge in [0.25, 0.3) is 0 Å². The fourth-order valence-corrected chi connectivity index (χ4v) is 1.71. The molecule has 0 aliphatic carbocycles. The van der Waals surface area contributed by atoms with Crippen LogP contribution < -0.4 is 5.32 Å². The fourth-order valence-electron chi connectivity index (χ4n) is 1.71. The maximum Gasteiger partial charge on any atom is 0.224 e. The van der Waals surface area contributed by atoms with Crippen LogP contribution in [-0.2, 0) is 11.8 Å². The molecule has 1 heterocycles. The van der Waals surface area contributed by atoms with Gasteiger partial charge in [-0.2, -0.15) is 5.10 Å². The van der Waals surface area contributed by atoms with Gasteiger partial charge >= 0.3 is 0 Å². The average molecular weight is 250 g/mol. The molecule has 0 spiro atoms. The highest BCUT2D eigenvalue weighted by molar-refractivity contribution is 5.77. The molecule has 1 rings (SSSR count). The van der Waals surface area contributed by atoms with Gasteiger partial charge < -0.3 is 5.32 Å². The molecule has 0 radical (unpaired) electrons. The lowest BCUT2D eigenvalue weighted by Gasteiger charge is -2.21. The van der Waals surface area contributed by atoms with Gasteiger partial charge in [-0.25, -0.2) is 4.98 Å². The number of carbonyl (C=O) groups is 1. The molecule has 100 valence electrons. The lowest BCUT2D eigenvalue weighted by atomic mass is 10.0. The Morgan fingerprint density at radius 3 is 2.72 bits per heavy atom. The number of hydrogen-bond donors (Lipinski definition) is 1. The van der Waals surface area contributed by atoms with E-state index in [4.69, 9.17) is 0 Å². The van der Waals surface area contributed by atoms with E-state index in [2.05, 4.69) is 29.2 Å². The van der Waals surface area contributed by atoms with E-state index >= 15 is 0 Å². The summed E-state index contributed by atoms with van der Waals surface area (Å²) in [5.74, 6) is 1.08. The predicted molar refractivity (Wildman–Crippen MR) is 70.8 cm³/mol. The first-order valence-electron chi connectivity index (χ1n) is 6.34. The third-order valence-electron chi connectivity index (χ3n) is 2.71. The SMILES string of the molecule is CC/C=C/CC(=O)N[C@H](c1ncnn1C)C(C)C. The van der Waals surface area contributed by atoms with Crippen molar-refractivity contribution in [3.05, 3.63) is 24.3 Å². The molecule has 0 aliphatic rings. The number of rotatable bonds is 6. The van der Waals surface area contributed by atoms with Crippen LogP contribution in [-0.4, -0.2) is 20.7 Å². The van der Waals surface area contributed by atoms with Gasteiger partial charge in [0.1, 0.15) is 12.2 Å². The molecule has 1 N–H and O–H groups in total. The predicted octanol–water partition coefficient (Wildman–Crippen LogP) is 1.98. The molecule has 0 unspecified atom stereocenters. The molecular weight excluding hydrogens is 228 g/mol. The van der Waals surface area contributed by atoms with Crippen LogP contribution in [0.5, 0.6) is 0 Å². The summed E-state index contributed by atoms with van der Waals surface area (Å²) in [5.41, 5.74) is 0. The van der Waals surface area contributed by atoms with E-state index in [9.17, 15) is 4.79 Å². The Morgan fingerprint density at radius 1 is 1.50 bits per heavy atom. The smallest absolute Gasteiger partial charge is 0.224 e. The van der Waals surface area contributed by atoms with Crippen molar-refractivity contribution in [1.82, 2.24) is 20.1 Å². The Bertz CT molecular complexity index is 409. The van der Waals surface area contributed by atoms with Crippen molar-refractivity contribution in [3.8, 4) is 0 Å². The minimum Gasteiger partial charge on any atom is -0.346 e. The van der Waals surface area contributed by atoms with Crippen molar-refractivity contribution >= 4 is 5.91 Å². The second-order valence-corrected chi connectivity index (χ2v) is 4.61. The van der Waals surface area contributed by atoms with Crippen LogP contribution >= 0.6 is 0 Å². The Kier molecular flexibility index (Phi) is 5.55. The van der Waals surface area contributed by atoms with Crippen molar-refractivity contribution in [2.45, 2.75) is 39.7 Å². The van der Waals surface area contributed by atoms with E-state index in [1.165, 1.54) is 6.33 Å². The summed E-state index contributed by atoms with van der Waals surface area (Å²) in [6.45, 7) is 6.16. The summed E-state index contributed by atoms with van der Waals surface area (Å²) >= 11 is 0. The van der Waals surface area contributed by atoms with E-state index in [0.717, 1.165) is 12.2 Å². The molecule has 1 aromatic heterocycles. The van der Waals surface area contributed by atoms with Crippen molar-refractivity contribution in [3.63, 3.8) is 0 Å². The standard InChI is InChI=1S/C13H22N4O/c1-5-6-7-8-11(18)16-12(10(2)3)13-14-9-15-17(13)4/h6-7,9-10,12H,5,8H2,1-4H3,(H,16,18)/b7-6+/t12-/m0/s1. The maximum absolute atomic E-state index is 11.8. The van der Waals surface area contributed by atoms with Gasteiger partial charge in [0, 0.05) is 13.5 Å². The summed E-state index contributed by atoms with van der Waals surface area (Å²) in [6, 6.07) is -0.0972. The molecule has 18 heavy (non-hydrogen) atoms. The number of hydrogen-bond acceptors (Lipinski definition) is 3. The molecule has 0 saturated heterocycles. The Hall–Kier alpha value is -1.65. The summed E-state index contributed by atoms with van der Waals surface area (Å²) in [4.78, 5) is 16.0. The van der Waals surface area contributed by atoms with E-state index in [1.807, 2.05) is 26.1 Å². The van der Waals surface area contributed by atoms with Gasteiger partial charge in [-0.3, -0.25) is 9.48 Å². The molecular formula is C13H22N4O. The van der Waals surface area contributed by atoms with Crippen molar-refractivity contribution < 1.29 is 4.79 Å². The van der Waals surface area contributed by atoms with E-state index in [-0.39, 0.29) is 17.9 Å². The van der Waals surface area contributed by atoms with Crippen LogP contribution in [0.3, 0.4) is 0 Å². The number of carbonyl (C=O) groups excluding carboxylic acids is 1. The molecule has 5 heteroatoms. The van der Waals surface area contributed by atoms with E-state index in [1.54, 1.807) is 4.68 Å². The van der Waals surface area contributed by atoms with Crippen molar-refractivity contribution in [2.24, 2.45) is 13.0 Å². The van der Waals surface area contributed by atoms with Crippen LogP contribution in [0.15, 0.2) is 18.5 Å². The van der Waals surface area contributed by atoms with Crippen LogP contribution in [0.4, 0.5) is 0 Å². The minimum atomic E-state index is -0.0972. The largest absolute Gasteiger partial charge is 0.346 e. The molecule has 0 saturated carbocycles. The normalized spacial score (nSPS) is 13.2. The Balaban J connectivity index is 2.68. The second kappa shape index (κ2) is 6.93. The van der Waals surface area contributed by atoms with E-state index < -0.39 is 0 Å². The maximum atomic E-state index is 11.8. The monoisotopic (exact) mass is 250 g/mol. The summed E-state index contributed by atoms with van der Waals surface area (Å²) in [6.07, 6.45) is 6.75. The van der Waals surface area contributed by atoms with Gasteiger partial charge in [0.2, 0.25) is 5.91 Å². The number of allylic oxidation sites excluding steroid dienone is 1. The van der Waals surface area contributed by atoms with Crippen LogP contribution in [0.25, 0.3) is 0 Å². The molecule has 1 atom stereocenters. The number of nitrogens with one attached hydrogen (secondary N) is 1. The summed E-state index contributed by atoms with van der Waals surface area (Å²) in [7, 11) is 1.83. The lowest BCUT2D eigenvalue weighted by Crippen LogP contribution is -2.33. The molecule has 0 fully saturated rings. The Morgan fingerprint density at radius 2 is 2.22 bits per heavy atom. The zero-order valence-electron chi connectivity index (χ0n) is 11.6. The molecule has 5 nitrogen and oxygen atoms in total. The first-order chi connectivity index (χ1) is 8.56. The summed E-state index contributed by atoms with van der Waals surface area (Å²) < 4.78 is 1.70. The second-order valence-electron chi connectivity index (χ2n) is 4.61. The third kappa shape index (κ3) is 3.98. The number of aryl methyl sites for hydroxylation is 1. The average Bonchev–Trinajstić information content (AvgIpc) is 2.72. The topological polar surface area (TPSA) is 59.8 Å². The fraction of sp³-hybridized carbons (Fsp3) is 0.615. The van der Waals surface area contributed by atoms with Gasteiger partial charge in [-0.15, -0.1) is 0 Å². The highest BCUT2D eigenvalue weighted by atomic mass is 16.1. The third-order valence-corrected chi connectivity index (χ3v) is 2.71. The van der Waals surface area contributed by atoms with Crippen LogP contribution in [0, 0.1) is 5.92 Å². The number of amides is 1. The van der Waals surface area contributed by atoms with E-state index in [0.29, 0.717) is 6.42 Å². The van der Waals surface area contributed by atoms with Crippen molar-refractivity contribution in [2.75, 3.05) is 0 Å². The Labute approximate surface area is 108 Å². The minimum absolute atomic E-state index is 0.0152. The van der Waals surface area contributed by atoms with Gasteiger partial charge in [-0.05, 0) is 12.3 Å². The highest BCUT2D eigenvalue weighted by Crippen LogP contribution is 2.18. The van der Waals surface area contributed by atoms with Gasteiger partial charge in [0.15, 0.2) is 0 Å². The number of nitrogens with zero attached hydrogens (tertiary/aromatic N) is 3. The van der Waals surface area contributed by atoms with Crippen molar-refractivity contribution in [1.29, 1.82) is 0 Å². The van der Waals surface area contributed by atoms with Gasteiger partial charge in [-0.1, -0.05) is 32.9 Å². The number of aromatic nitrogens is 3. The zero-order chi connectivity index (χ0) is 13.5. The molecule has 0 aliphatic heterocycles. The molecule has 1 amide bonds. The lowest BCUT2D eigenvalue weighted by molar-refractivity contribution is -0.121. The molecule has 0 aromatic carbocycles. The molecule has 0 bridgehead atoms. The van der Waals surface area contributed by atoms with Gasteiger partial charge in [0.05, 0.1) is 6.04 Å². The first kappa shape index (κ1) is 14.4. The zero-order valence-corrected chi connectivity index (χ0v) is 11.6. The highest BCUT2D eigenvalue weighted by Gasteiger charge is 2.21. The van der Waals surface area contributed by atoms with Crippen LogP contribution in [0.2, 0.25) is 0 Å². The molecule has 1 aromatic rings. The van der Waals surface area contributed by atoms with Crippen LogP contribution in [0.1, 0.15) is 45.5 Å². The summed E-state index contributed by atoms with van der Waals surface area (Å²) in [5, 5.41) is 7.05. The first-order valence-corrected chi connectivity index (χ1v) is 6.34.